The predicted molar refractivity (Wildman–Crippen MR) is 219 cm³/mol. The van der Waals surface area contributed by atoms with Crippen molar-refractivity contribution in [2.75, 3.05) is 33.0 Å². The van der Waals surface area contributed by atoms with E-state index in [1.165, 1.54) is 77.0 Å². The molecule has 0 spiro atoms. The van der Waals surface area contributed by atoms with Crippen molar-refractivity contribution in [1.29, 1.82) is 0 Å². The SMILES string of the molecule is CC/C=C\C/C=C\C/C=C\CCCCCCCCCC(=O)OC(COCCCCCCCC/C=C\CCCCCCC)COP(=O)(O)OCC(O)CO. The number of allylic oxidation sites excluding steroid dienone is 8. The molecule has 0 aromatic carbocycles. The number of esters is 1. The second-order valence-electron chi connectivity index (χ2n) is 14.0. The van der Waals surface area contributed by atoms with Crippen molar-refractivity contribution < 1.29 is 43.0 Å². The van der Waals surface area contributed by atoms with Crippen molar-refractivity contribution in [3.63, 3.8) is 0 Å². The topological polar surface area (TPSA) is 132 Å². The molecule has 0 aliphatic rings. The molecule has 9 nitrogen and oxygen atoms in total. The van der Waals surface area contributed by atoms with Gasteiger partial charge in [0, 0.05) is 13.0 Å². The average molecular weight is 771 g/mol. The maximum Gasteiger partial charge on any atom is 0.472 e. The third-order valence-corrected chi connectivity index (χ3v) is 9.70. The molecule has 3 unspecified atom stereocenters. The van der Waals surface area contributed by atoms with E-state index in [0.29, 0.717) is 13.0 Å². The first kappa shape index (κ1) is 51.4. The summed E-state index contributed by atoms with van der Waals surface area (Å²) in [4.78, 5) is 22.6. The minimum absolute atomic E-state index is 0.0402. The van der Waals surface area contributed by atoms with Crippen LogP contribution in [0.1, 0.15) is 174 Å². The number of aliphatic hydroxyl groups excluding tert-OH is 2. The first-order valence-electron chi connectivity index (χ1n) is 21.1. The van der Waals surface area contributed by atoms with E-state index in [1.54, 1.807) is 0 Å². The Hall–Kier alpha value is -1.58. The number of ether oxygens (including phenoxy) is 2. The molecule has 0 saturated heterocycles. The zero-order chi connectivity index (χ0) is 38.9. The van der Waals surface area contributed by atoms with Crippen LogP contribution < -0.4 is 0 Å². The predicted octanol–water partition coefficient (Wildman–Crippen LogP) is 11.4. The largest absolute Gasteiger partial charge is 0.472 e. The highest BCUT2D eigenvalue weighted by Crippen LogP contribution is 2.43. The van der Waals surface area contributed by atoms with Crippen molar-refractivity contribution in [2.24, 2.45) is 0 Å². The van der Waals surface area contributed by atoms with Crippen LogP contribution in [0.5, 0.6) is 0 Å². The van der Waals surface area contributed by atoms with E-state index in [4.69, 9.17) is 23.6 Å². The molecular weight excluding hydrogens is 691 g/mol. The Kier molecular flexibility index (Phi) is 38.9. The van der Waals surface area contributed by atoms with Crippen molar-refractivity contribution in [2.45, 2.75) is 187 Å². The monoisotopic (exact) mass is 771 g/mol. The fourth-order valence-corrected chi connectivity index (χ4v) is 6.33. The minimum Gasteiger partial charge on any atom is -0.457 e. The van der Waals surface area contributed by atoms with E-state index in [9.17, 15) is 19.4 Å². The molecule has 0 aromatic rings. The quantitative estimate of drug-likeness (QED) is 0.0241. The maximum absolute atomic E-state index is 12.6. The molecule has 0 radical (unpaired) electrons. The molecule has 0 amide bonds. The number of unbranched alkanes of at least 4 members (excludes halogenated alkanes) is 18. The van der Waals surface area contributed by atoms with E-state index in [1.807, 2.05) is 0 Å². The summed E-state index contributed by atoms with van der Waals surface area (Å²) in [6, 6.07) is 0. The lowest BCUT2D eigenvalue weighted by atomic mass is 10.1. The molecule has 0 bridgehead atoms. The van der Waals surface area contributed by atoms with E-state index in [-0.39, 0.29) is 19.6 Å². The van der Waals surface area contributed by atoms with E-state index >= 15 is 0 Å². The van der Waals surface area contributed by atoms with Gasteiger partial charge < -0.3 is 24.6 Å². The van der Waals surface area contributed by atoms with Crippen molar-refractivity contribution in [1.82, 2.24) is 0 Å². The van der Waals surface area contributed by atoms with Crippen molar-refractivity contribution in [3.05, 3.63) is 48.6 Å². The number of hydrogen-bond donors (Lipinski definition) is 3. The average Bonchev–Trinajstić information content (AvgIpc) is 3.15. The lowest BCUT2D eigenvalue weighted by Crippen LogP contribution is -2.29. The second kappa shape index (κ2) is 40.1. The molecule has 3 atom stereocenters. The van der Waals surface area contributed by atoms with Gasteiger partial charge in [0.15, 0.2) is 0 Å². The summed E-state index contributed by atoms with van der Waals surface area (Å²) in [7, 11) is -4.52. The summed E-state index contributed by atoms with van der Waals surface area (Å²) < 4.78 is 33.3. The Morgan fingerprint density at radius 2 is 1.08 bits per heavy atom. The molecule has 10 heteroatoms. The molecule has 0 rings (SSSR count). The molecule has 3 N–H and O–H groups in total. The molecule has 0 aliphatic carbocycles. The number of hydrogen-bond acceptors (Lipinski definition) is 8. The fraction of sp³-hybridized carbons (Fsp3) is 0.791. The van der Waals surface area contributed by atoms with Crippen molar-refractivity contribution in [3.8, 4) is 0 Å². The van der Waals surface area contributed by atoms with Gasteiger partial charge in [0.2, 0.25) is 0 Å². The number of carbonyl (C=O) groups is 1. The Labute approximate surface area is 324 Å². The lowest BCUT2D eigenvalue weighted by Gasteiger charge is -2.20. The summed E-state index contributed by atoms with van der Waals surface area (Å²) in [5, 5.41) is 18.3. The van der Waals surface area contributed by atoms with Crippen LogP contribution in [0.15, 0.2) is 48.6 Å². The minimum atomic E-state index is -4.52. The highest BCUT2D eigenvalue weighted by molar-refractivity contribution is 7.47. The number of rotatable bonds is 40. The van der Waals surface area contributed by atoms with E-state index in [2.05, 4.69) is 62.5 Å². The Morgan fingerprint density at radius 1 is 0.604 bits per heavy atom. The van der Waals surface area contributed by atoms with Crippen LogP contribution in [-0.2, 0) is 27.9 Å². The van der Waals surface area contributed by atoms with Gasteiger partial charge in [-0.05, 0) is 70.6 Å². The lowest BCUT2D eigenvalue weighted by molar-refractivity contribution is -0.154. The van der Waals surface area contributed by atoms with Crippen LogP contribution in [0.2, 0.25) is 0 Å². The van der Waals surface area contributed by atoms with Crippen LogP contribution >= 0.6 is 7.82 Å². The Balaban J connectivity index is 4.21. The number of phosphoric acid groups is 1. The van der Waals surface area contributed by atoms with Crippen LogP contribution in [-0.4, -0.2) is 66.3 Å². The zero-order valence-corrected chi connectivity index (χ0v) is 34.6. The third kappa shape index (κ3) is 39.9. The van der Waals surface area contributed by atoms with Crippen LogP contribution in [0.4, 0.5) is 0 Å². The van der Waals surface area contributed by atoms with Gasteiger partial charge >= 0.3 is 13.8 Å². The van der Waals surface area contributed by atoms with Gasteiger partial charge in [-0.25, -0.2) is 4.57 Å². The summed E-state index contributed by atoms with van der Waals surface area (Å²) in [5.41, 5.74) is 0. The maximum atomic E-state index is 12.6. The molecule has 53 heavy (non-hydrogen) atoms. The molecular formula is C43H79O9P. The summed E-state index contributed by atoms with van der Waals surface area (Å²) in [6.45, 7) is 3.37. The second-order valence-corrected chi connectivity index (χ2v) is 15.4. The van der Waals surface area contributed by atoms with E-state index < -0.39 is 39.2 Å². The number of phosphoric ester groups is 1. The first-order valence-corrected chi connectivity index (χ1v) is 22.6. The molecule has 0 aliphatic heterocycles. The standard InChI is InChI=1S/C43H79O9P/c1-3-5-7-9-11-13-15-17-19-20-21-23-25-27-29-31-33-35-43(46)52-42(40-51-53(47,48)50-38-41(45)37-44)39-49-36-34-32-30-28-26-24-22-18-16-14-12-10-8-6-4-2/h5,7,11,13,16-19,41-42,44-45H,3-4,6,8-10,12,14-15,20-40H2,1-2H3,(H,47,48)/b7-5-,13-11-,18-16-,19-17-. The third-order valence-electron chi connectivity index (χ3n) is 8.75. The zero-order valence-electron chi connectivity index (χ0n) is 33.7. The van der Waals surface area contributed by atoms with Crippen LogP contribution in [0, 0.1) is 0 Å². The Bertz CT molecular complexity index is 965. The van der Waals surface area contributed by atoms with Gasteiger partial charge in [-0.1, -0.05) is 146 Å². The van der Waals surface area contributed by atoms with Gasteiger partial charge in [0.1, 0.15) is 12.2 Å². The molecule has 0 saturated carbocycles. The fourth-order valence-electron chi connectivity index (χ4n) is 5.54. The summed E-state index contributed by atoms with van der Waals surface area (Å²) in [5.74, 6) is -0.396. The van der Waals surface area contributed by atoms with E-state index in [0.717, 1.165) is 70.6 Å². The molecule has 310 valence electrons. The first-order chi connectivity index (χ1) is 25.8. The summed E-state index contributed by atoms with van der Waals surface area (Å²) >= 11 is 0. The molecule has 0 fully saturated rings. The van der Waals surface area contributed by atoms with Crippen LogP contribution in [0.25, 0.3) is 0 Å². The normalized spacial score (nSPS) is 14.6. The Morgan fingerprint density at radius 3 is 1.64 bits per heavy atom. The highest BCUT2D eigenvalue weighted by Gasteiger charge is 2.26. The highest BCUT2D eigenvalue weighted by atomic mass is 31.2. The molecule has 0 aromatic heterocycles. The van der Waals surface area contributed by atoms with Gasteiger partial charge in [-0.2, -0.15) is 0 Å². The van der Waals surface area contributed by atoms with Gasteiger partial charge in [-0.15, -0.1) is 0 Å². The van der Waals surface area contributed by atoms with Gasteiger partial charge in [0.25, 0.3) is 0 Å². The number of aliphatic hydroxyl groups is 2. The van der Waals surface area contributed by atoms with Crippen molar-refractivity contribution >= 4 is 13.8 Å². The number of carbonyl (C=O) groups excluding carboxylic acids is 1. The van der Waals surface area contributed by atoms with Gasteiger partial charge in [-0.3, -0.25) is 13.8 Å². The van der Waals surface area contributed by atoms with Crippen LogP contribution in [0.3, 0.4) is 0 Å². The van der Waals surface area contributed by atoms with Gasteiger partial charge in [0.05, 0.1) is 26.4 Å². The molecule has 0 heterocycles. The smallest absolute Gasteiger partial charge is 0.457 e. The summed E-state index contributed by atoms with van der Waals surface area (Å²) in [6.07, 6.45) is 43.5.